The molecule has 0 amide bonds. The van der Waals surface area contributed by atoms with Crippen molar-refractivity contribution in [2.45, 2.75) is 19.9 Å². The summed E-state index contributed by atoms with van der Waals surface area (Å²) in [4.78, 5) is 8.94. The summed E-state index contributed by atoms with van der Waals surface area (Å²) >= 11 is 6.31. The Labute approximate surface area is 126 Å². The lowest BCUT2D eigenvalue weighted by Gasteiger charge is -2.29. The molecule has 2 N–H and O–H groups in total. The van der Waals surface area contributed by atoms with Gasteiger partial charge in [-0.3, -0.25) is 4.99 Å². The van der Waals surface area contributed by atoms with Gasteiger partial charge in [-0.05, 0) is 24.7 Å². The van der Waals surface area contributed by atoms with Crippen LogP contribution in [0.1, 0.15) is 25.5 Å². The SMILES string of the molecule is CCN(CC)CCN1C(N)=NCC1c1ccccc1Cl. The van der Waals surface area contributed by atoms with Crippen molar-refractivity contribution in [3.63, 3.8) is 0 Å². The molecule has 0 saturated carbocycles. The Kier molecular flexibility index (Phi) is 5.26. The van der Waals surface area contributed by atoms with Gasteiger partial charge in [-0.25, -0.2) is 0 Å². The molecule has 0 radical (unpaired) electrons. The Morgan fingerprint density at radius 1 is 1.35 bits per heavy atom. The maximum Gasteiger partial charge on any atom is 0.191 e. The average Bonchev–Trinajstić information content (AvgIpc) is 2.82. The van der Waals surface area contributed by atoms with Crippen LogP contribution in [0.15, 0.2) is 29.3 Å². The molecule has 1 aliphatic rings. The topological polar surface area (TPSA) is 44.9 Å². The van der Waals surface area contributed by atoms with Crippen LogP contribution in [-0.2, 0) is 0 Å². The maximum atomic E-state index is 6.31. The van der Waals surface area contributed by atoms with E-state index in [4.69, 9.17) is 17.3 Å². The summed E-state index contributed by atoms with van der Waals surface area (Å²) in [6, 6.07) is 8.11. The van der Waals surface area contributed by atoms with Crippen molar-refractivity contribution in [3.8, 4) is 0 Å². The van der Waals surface area contributed by atoms with Gasteiger partial charge in [0.2, 0.25) is 0 Å². The molecule has 20 heavy (non-hydrogen) atoms. The zero-order chi connectivity index (χ0) is 14.5. The van der Waals surface area contributed by atoms with E-state index in [-0.39, 0.29) is 6.04 Å². The molecular weight excluding hydrogens is 272 g/mol. The van der Waals surface area contributed by atoms with E-state index in [0.29, 0.717) is 12.5 Å². The van der Waals surface area contributed by atoms with Crippen LogP contribution in [0.4, 0.5) is 0 Å². The van der Waals surface area contributed by atoms with Gasteiger partial charge in [0, 0.05) is 18.1 Å². The molecule has 0 spiro atoms. The number of nitrogens with zero attached hydrogens (tertiary/aromatic N) is 3. The molecule has 1 aliphatic heterocycles. The van der Waals surface area contributed by atoms with Crippen molar-refractivity contribution in [3.05, 3.63) is 34.9 Å². The summed E-state index contributed by atoms with van der Waals surface area (Å²) in [7, 11) is 0. The molecular formula is C15H23ClN4. The van der Waals surface area contributed by atoms with Gasteiger partial charge in [-0.1, -0.05) is 43.6 Å². The first-order valence-electron chi connectivity index (χ1n) is 7.20. The summed E-state index contributed by atoms with van der Waals surface area (Å²) < 4.78 is 0. The summed E-state index contributed by atoms with van der Waals surface area (Å²) in [5.74, 6) is 0.627. The van der Waals surface area contributed by atoms with Crippen molar-refractivity contribution in [1.29, 1.82) is 0 Å². The minimum atomic E-state index is 0.166. The van der Waals surface area contributed by atoms with E-state index < -0.39 is 0 Å². The van der Waals surface area contributed by atoms with Gasteiger partial charge >= 0.3 is 0 Å². The van der Waals surface area contributed by atoms with Gasteiger partial charge in [0.1, 0.15) is 0 Å². The second-order valence-electron chi connectivity index (χ2n) is 4.96. The molecule has 0 bridgehead atoms. The number of rotatable bonds is 6. The smallest absolute Gasteiger partial charge is 0.191 e. The normalized spacial score (nSPS) is 18.7. The van der Waals surface area contributed by atoms with E-state index >= 15 is 0 Å². The van der Waals surface area contributed by atoms with Gasteiger partial charge in [0.05, 0.1) is 12.6 Å². The molecule has 1 heterocycles. The highest BCUT2D eigenvalue weighted by atomic mass is 35.5. The molecule has 110 valence electrons. The molecule has 0 saturated heterocycles. The molecule has 1 aromatic rings. The second kappa shape index (κ2) is 6.95. The quantitative estimate of drug-likeness (QED) is 0.876. The second-order valence-corrected chi connectivity index (χ2v) is 5.36. The van der Waals surface area contributed by atoms with Crippen LogP contribution in [0.5, 0.6) is 0 Å². The number of hydrogen-bond donors (Lipinski definition) is 1. The number of guanidine groups is 1. The highest BCUT2D eigenvalue weighted by Gasteiger charge is 2.28. The standard InChI is InChI=1S/C15H23ClN4/c1-3-19(4-2)9-10-20-14(11-18-15(20)17)12-7-5-6-8-13(12)16/h5-8,14H,3-4,9-11H2,1-2H3,(H2,17,18). The van der Waals surface area contributed by atoms with Crippen molar-refractivity contribution >= 4 is 17.6 Å². The number of halogens is 1. The first-order valence-corrected chi connectivity index (χ1v) is 7.58. The number of aliphatic imine (C=N–C) groups is 1. The molecule has 0 aromatic heterocycles. The predicted molar refractivity (Wildman–Crippen MR) is 85.2 cm³/mol. The number of hydrogen-bond acceptors (Lipinski definition) is 4. The molecule has 2 rings (SSSR count). The number of benzene rings is 1. The van der Waals surface area contributed by atoms with Crippen molar-refractivity contribution in [2.24, 2.45) is 10.7 Å². The van der Waals surface area contributed by atoms with E-state index in [2.05, 4.69) is 34.7 Å². The van der Waals surface area contributed by atoms with Crippen molar-refractivity contribution in [1.82, 2.24) is 9.80 Å². The summed E-state index contributed by atoms with van der Waals surface area (Å²) in [6.45, 7) is 9.02. The summed E-state index contributed by atoms with van der Waals surface area (Å²) in [5.41, 5.74) is 7.15. The third-order valence-corrected chi connectivity index (χ3v) is 4.26. The van der Waals surface area contributed by atoms with E-state index in [1.165, 1.54) is 0 Å². The Bertz CT molecular complexity index is 471. The van der Waals surface area contributed by atoms with E-state index in [9.17, 15) is 0 Å². The highest BCUT2D eigenvalue weighted by Crippen LogP contribution is 2.30. The van der Waals surface area contributed by atoms with Crippen LogP contribution < -0.4 is 5.73 Å². The third-order valence-electron chi connectivity index (χ3n) is 3.91. The van der Waals surface area contributed by atoms with Crippen molar-refractivity contribution in [2.75, 3.05) is 32.7 Å². The first-order chi connectivity index (χ1) is 9.67. The van der Waals surface area contributed by atoms with E-state index in [0.717, 1.165) is 36.8 Å². The Hall–Kier alpha value is -1.26. The lowest BCUT2D eigenvalue weighted by Crippen LogP contribution is -2.41. The zero-order valence-corrected chi connectivity index (χ0v) is 13.0. The van der Waals surface area contributed by atoms with Gasteiger partial charge in [-0.2, -0.15) is 0 Å². The zero-order valence-electron chi connectivity index (χ0n) is 12.2. The van der Waals surface area contributed by atoms with Crippen LogP contribution in [0.3, 0.4) is 0 Å². The van der Waals surface area contributed by atoms with Crippen LogP contribution in [0.25, 0.3) is 0 Å². The van der Waals surface area contributed by atoms with Gasteiger partial charge in [0.25, 0.3) is 0 Å². The fourth-order valence-electron chi connectivity index (χ4n) is 2.60. The fraction of sp³-hybridized carbons (Fsp3) is 0.533. The molecule has 1 aromatic carbocycles. The minimum Gasteiger partial charge on any atom is -0.370 e. The molecule has 4 nitrogen and oxygen atoms in total. The van der Waals surface area contributed by atoms with E-state index in [1.54, 1.807) is 0 Å². The lowest BCUT2D eigenvalue weighted by molar-refractivity contribution is 0.248. The lowest BCUT2D eigenvalue weighted by atomic mass is 10.1. The van der Waals surface area contributed by atoms with Crippen molar-refractivity contribution < 1.29 is 0 Å². The largest absolute Gasteiger partial charge is 0.370 e. The number of nitrogens with two attached hydrogens (primary N) is 1. The fourth-order valence-corrected chi connectivity index (χ4v) is 2.86. The van der Waals surface area contributed by atoms with Crippen LogP contribution in [-0.4, -0.2) is 48.5 Å². The Balaban J connectivity index is 2.09. The van der Waals surface area contributed by atoms with Gasteiger partial charge in [-0.15, -0.1) is 0 Å². The average molecular weight is 295 g/mol. The summed E-state index contributed by atoms with van der Waals surface area (Å²) in [6.07, 6.45) is 0. The maximum absolute atomic E-state index is 6.31. The Morgan fingerprint density at radius 2 is 2.05 bits per heavy atom. The molecule has 0 aliphatic carbocycles. The highest BCUT2D eigenvalue weighted by molar-refractivity contribution is 6.31. The Morgan fingerprint density at radius 3 is 2.70 bits per heavy atom. The summed E-state index contributed by atoms with van der Waals surface area (Å²) in [5, 5.41) is 0.787. The first kappa shape index (κ1) is 15.1. The van der Waals surface area contributed by atoms with Crippen LogP contribution in [0.2, 0.25) is 5.02 Å². The molecule has 0 fully saturated rings. The third kappa shape index (κ3) is 3.25. The monoisotopic (exact) mass is 294 g/mol. The van der Waals surface area contributed by atoms with E-state index in [1.807, 2.05) is 18.2 Å². The predicted octanol–water partition coefficient (Wildman–Crippen LogP) is 2.35. The van der Waals surface area contributed by atoms with Crippen LogP contribution >= 0.6 is 11.6 Å². The number of likely N-dealkylation sites (N-methyl/N-ethyl adjacent to an activating group) is 1. The van der Waals surface area contributed by atoms with Crippen LogP contribution in [0, 0.1) is 0 Å². The minimum absolute atomic E-state index is 0.166. The molecule has 5 heteroatoms. The molecule has 1 unspecified atom stereocenters. The molecule has 1 atom stereocenters. The van der Waals surface area contributed by atoms with Gasteiger partial charge < -0.3 is 15.5 Å². The van der Waals surface area contributed by atoms with Gasteiger partial charge in [0.15, 0.2) is 5.96 Å².